The molecule has 0 N–H and O–H groups in total. The molecule has 28 heavy (non-hydrogen) atoms. The molecule has 2 aromatic heterocycles. The number of thioether (sulfide) groups is 1. The first-order valence-corrected chi connectivity index (χ1v) is 9.91. The normalized spacial score (nSPS) is 10.9. The number of rotatable bonds is 6. The Morgan fingerprint density at radius 1 is 1.00 bits per heavy atom. The summed E-state index contributed by atoms with van der Waals surface area (Å²) in [4.78, 5) is 12.8. The van der Waals surface area contributed by atoms with Gasteiger partial charge in [-0.1, -0.05) is 48.2 Å². The predicted molar refractivity (Wildman–Crippen MR) is 110 cm³/mol. The van der Waals surface area contributed by atoms with Crippen molar-refractivity contribution in [2.75, 3.05) is 5.75 Å². The van der Waals surface area contributed by atoms with E-state index >= 15 is 0 Å². The van der Waals surface area contributed by atoms with E-state index in [4.69, 9.17) is 4.42 Å². The maximum atomic E-state index is 12.8. The average molecular weight is 389 g/mol. The van der Waals surface area contributed by atoms with Gasteiger partial charge in [0.05, 0.1) is 5.75 Å². The summed E-state index contributed by atoms with van der Waals surface area (Å²) in [6.07, 6.45) is 0. The summed E-state index contributed by atoms with van der Waals surface area (Å²) < 4.78 is 7.76. The van der Waals surface area contributed by atoms with Gasteiger partial charge >= 0.3 is 0 Å². The second-order valence-corrected chi connectivity index (χ2v) is 7.33. The first-order chi connectivity index (χ1) is 13.6. The van der Waals surface area contributed by atoms with Crippen LogP contribution in [0.5, 0.6) is 0 Å². The Labute approximate surface area is 167 Å². The summed E-state index contributed by atoms with van der Waals surface area (Å²) in [7, 11) is 0. The quantitative estimate of drug-likeness (QED) is 0.338. The van der Waals surface area contributed by atoms with Crippen molar-refractivity contribution >= 4 is 17.5 Å². The molecule has 0 aliphatic carbocycles. The Bertz CT molecular complexity index is 1100. The standard InChI is InChI=1S/C22H19N3O2S/c1-15-13-19(16(2)25(15)18-11-7-4-8-12-18)20(26)14-28-22-24-23-21(27-22)17-9-5-3-6-10-17/h3-13H,14H2,1-2H3. The molecule has 0 radical (unpaired) electrons. The highest BCUT2D eigenvalue weighted by atomic mass is 32.2. The number of benzene rings is 2. The van der Waals surface area contributed by atoms with Crippen LogP contribution in [0.15, 0.2) is 76.4 Å². The number of ketones is 1. The summed E-state index contributed by atoms with van der Waals surface area (Å²) in [6, 6.07) is 21.5. The fraction of sp³-hybridized carbons (Fsp3) is 0.136. The summed E-state index contributed by atoms with van der Waals surface area (Å²) >= 11 is 1.26. The Morgan fingerprint density at radius 3 is 2.39 bits per heavy atom. The van der Waals surface area contributed by atoms with Crippen LogP contribution in [-0.4, -0.2) is 26.3 Å². The van der Waals surface area contributed by atoms with E-state index in [1.807, 2.05) is 80.6 Å². The molecule has 0 atom stereocenters. The molecule has 0 saturated heterocycles. The third-order valence-electron chi connectivity index (χ3n) is 4.50. The first kappa shape index (κ1) is 18.3. The molecule has 2 aromatic carbocycles. The highest BCUT2D eigenvalue weighted by Gasteiger charge is 2.18. The van der Waals surface area contributed by atoms with Gasteiger partial charge in [0.1, 0.15) is 0 Å². The second kappa shape index (κ2) is 7.86. The number of carbonyl (C=O) groups excluding carboxylic acids is 1. The molecule has 5 nitrogen and oxygen atoms in total. The summed E-state index contributed by atoms with van der Waals surface area (Å²) in [5.41, 5.74) is 4.59. The lowest BCUT2D eigenvalue weighted by atomic mass is 10.2. The van der Waals surface area contributed by atoms with Crippen LogP contribution in [0.1, 0.15) is 21.7 Å². The number of aromatic nitrogens is 3. The number of para-hydroxylation sites is 1. The minimum Gasteiger partial charge on any atom is -0.411 e. The molecule has 0 bridgehead atoms. The van der Waals surface area contributed by atoms with Crippen molar-refractivity contribution in [1.29, 1.82) is 0 Å². The Balaban J connectivity index is 1.49. The molecule has 0 spiro atoms. The van der Waals surface area contributed by atoms with Gasteiger partial charge in [0, 0.05) is 28.2 Å². The van der Waals surface area contributed by atoms with E-state index in [2.05, 4.69) is 14.8 Å². The number of Topliss-reactive ketones (excluding diaryl/α,β-unsaturated/α-hetero) is 1. The maximum absolute atomic E-state index is 12.8. The van der Waals surface area contributed by atoms with Crippen molar-refractivity contribution in [1.82, 2.24) is 14.8 Å². The minimum atomic E-state index is 0.0414. The van der Waals surface area contributed by atoms with Gasteiger partial charge in [-0.3, -0.25) is 4.79 Å². The molecule has 0 saturated carbocycles. The third kappa shape index (κ3) is 3.64. The summed E-state index contributed by atoms with van der Waals surface area (Å²) in [6.45, 7) is 3.98. The number of hydrogen-bond donors (Lipinski definition) is 0. The highest BCUT2D eigenvalue weighted by molar-refractivity contribution is 7.99. The van der Waals surface area contributed by atoms with Gasteiger partial charge in [-0.2, -0.15) is 0 Å². The lowest BCUT2D eigenvalue weighted by Gasteiger charge is -2.09. The fourth-order valence-corrected chi connectivity index (χ4v) is 3.84. The van der Waals surface area contributed by atoms with Gasteiger partial charge in [-0.05, 0) is 44.2 Å². The molecule has 140 valence electrons. The van der Waals surface area contributed by atoms with Crippen LogP contribution in [0.25, 0.3) is 17.1 Å². The van der Waals surface area contributed by atoms with Crippen LogP contribution in [0.2, 0.25) is 0 Å². The van der Waals surface area contributed by atoms with Gasteiger partial charge in [0.15, 0.2) is 5.78 Å². The van der Waals surface area contributed by atoms with E-state index in [0.29, 0.717) is 11.1 Å². The van der Waals surface area contributed by atoms with Gasteiger partial charge in [-0.25, -0.2) is 0 Å². The SMILES string of the molecule is Cc1cc(C(=O)CSc2nnc(-c3ccccc3)o2)c(C)n1-c1ccccc1. The third-order valence-corrected chi connectivity index (χ3v) is 5.32. The Hall–Kier alpha value is -3.12. The fourth-order valence-electron chi connectivity index (χ4n) is 3.19. The van der Waals surface area contributed by atoms with Crippen molar-refractivity contribution in [2.24, 2.45) is 0 Å². The number of hydrogen-bond acceptors (Lipinski definition) is 5. The molecule has 0 unspecified atom stereocenters. The van der Waals surface area contributed by atoms with E-state index in [0.717, 1.165) is 28.2 Å². The number of nitrogens with zero attached hydrogens (tertiary/aromatic N) is 3. The van der Waals surface area contributed by atoms with E-state index in [1.54, 1.807) is 0 Å². The zero-order valence-electron chi connectivity index (χ0n) is 15.6. The van der Waals surface area contributed by atoms with Gasteiger partial charge < -0.3 is 8.98 Å². The maximum Gasteiger partial charge on any atom is 0.277 e. The topological polar surface area (TPSA) is 60.9 Å². The van der Waals surface area contributed by atoms with Crippen molar-refractivity contribution in [3.63, 3.8) is 0 Å². The Morgan fingerprint density at radius 2 is 1.68 bits per heavy atom. The first-order valence-electron chi connectivity index (χ1n) is 8.93. The molecule has 2 heterocycles. The van der Waals surface area contributed by atoms with E-state index in [1.165, 1.54) is 11.8 Å². The van der Waals surface area contributed by atoms with Crippen LogP contribution in [0.4, 0.5) is 0 Å². The monoisotopic (exact) mass is 389 g/mol. The zero-order valence-corrected chi connectivity index (χ0v) is 16.4. The zero-order chi connectivity index (χ0) is 19.5. The number of aryl methyl sites for hydroxylation is 1. The molecular weight excluding hydrogens is 370 g/mol. The summed E-state index contributed by atoms with van der Waals surface area (Å²) in [5.74, 6) is 0.743. The van der Waals surface area contributed by atoms with Crippen molar-refractivity contribution in [3.8, 4) is 17.1 Å². The minimum absolute atomic E-state index is 0.0414. The van der Waals surface area contributed by atoms with Crippen LogP contribution >= 0.6 is 11.8 Å². The molecule has 4 aromatic rings. The number of carbonyl (C=O) groups is 1. The predicted octanol–water partition coefficient (Wildman–Crippen LogP) is 5.12. The Kier molecular flexibility index (Phi) is 5.12. The van der Waals surface area contributed by atoms with Crippen LogP contribution in [-0.2, 0) is 0 Å². The van der Waals surface area contributed by atoms with Crippen LogP contribution in [0.3, 0.4) is 0 Å². The second-order valence-electron chi connectivity index (χ2n) is 6.41. The molecule has 6 heteroatoms. The largest absolute Gasteiger partial charge is 0.411 e. The van der Waals surface area contributed by atoms with E-state index in [9.17, 15) is 4.79 Å². The molecule has 0 fully saturated rings. The van der Waals surface area contributed by atoms with Gasteiger partial charge in [0.25, 0.3) is 5.22 Å². The van der Waals surface area contributed by atoms with Crippen molar-refractivity contribution in [2.45, 2.75) is 19.1 Å². The molecule has 0 aliphatic rings. The summed E-state index contributed by atoms with van der Waals surface area (Å²) in [5, 5.41) is 8.49. The molecule has 0 aliphatic heterocycles. The lowest BCUT2D eigenvalue weighted by Crippen LogP contribution is -2.05. The van der Waals surface area contributed by atoms with Crippen molar-refractivity contribution < 1.29 is 9.21 Å². The highest BCUT2D eigenvalue weighted by Crippen LogP contribution is 2.26. The van der Waals surface area contributed by atoms with Crippen molar-refractivity contribution in [3.05, 3.63) is 83.7 Å². The molecular formula is C22H19N3O2S. The average Bonchev–Trinajstić information content (AvgIpc) is 3.32. The molecule has 4 rings (SSSR count). The smallest absolute Gasteiger partial charge is 0.277 e. The van der Waals surface area contributed by atoms with E-state index < -0.39 is 0 Å². The van der Waals surface area contributed by atoms with E-state index in [-0.39, 0.29) is 11.5 Å². The van der Waals surface area contributed by atoms with Crippen LogP contribution in [0, 0.1) is 13.8 Å². The van der Waals surface area contributed by atoms with Gasteiger partial charge in [-0.15, -0.1) is 10.2 Å². The van der Waals surface area contributed by atoms with Crippen LogP contribution < -0.4 is 0 Å². The molecule has 0 amide bonds. The lowest BCUT2D eigenvalue weighted by molar-refractivity contribution is 0.102. The van der Waals surface area contributed by atoms with Gasteiger partial charge in [0.2, 0.25) is 5.89 Å².